The zero-order valence-corrected chi connectivity index (χ0v) is 8.47. The highest BCUT2D eigenvalue weighted by Crippen LogP contribution is 2.36. The minimum atomic E-state index is -0.517. The molecular weight excluding hydrogens is 202 g/mol. The summed E-state index contributed by atoms with van der Waals surface area (Å²) in [6, 6.07) is 8.02. The Kier molecular flexibility index (Phi) is 1.77. The Bertz CT molecular complexity index is 593. The van der Waals surface area contributed by atoms with Crippen LogP contribution in [0.4, 0.5) is 0 Å². The molecule has 1 aliphatic carbocycles. The number of primary amides is 1. The molecule has 1 amide bonds. The quantitative estimate of drug-likeness (QED) is 0.656. The van der Waals surface area contributed by atoms with Gasteiger partial charge < -0.3 is 5.73 Å². The number of hydrogen-bond donors (Lipinski definition) is 1. The van der Waals surface area contributed by atoms with Gasteiger partial charge in [-0.05, 0) is 16.7 Å². The molecule has 0 unspecified atom stereocenters. The largest absolute Gasteiger partial charge is 0.364 e. The summed E-state index contributed by atoms with van der Waals surface area (Å²) in [6.07, 6.45) is 2.40. The number of fused-ring (bicyclic) bond motifs is 3. The van der Waals surface area contributed by atoms with Crippen molar-refractivity contribution in [2.24, 2.45) is 5.73 Å². The standard InChI is InChI=1S/C12H9N3O/c13-12(16)11-9-5-7-3-1-2-4-8(7)10(9)6-14-15-11/h1-4,6H,5H2,(H2,13,16). The second-order valence-electron chi connectivity index (χ2n) is 3.78. The lowest BCUT2D eigenvalue weighted by Crippen LogP contribution is -2.16. The third-order valence-electron chi connectivity index (χ3n) is 2.86. The second kappa shape index (κ2) is 3.13. The van der Waals surface area contributed by atoms with E-state index in [1.807, 2.05) is 24.3 Å². The molecule has 1 heterocycles. The fraction of sp³-hybridized carbons (Fsp3) is 0.0833. The minimum absolute atomic E-state index is 0.286. The lowest BCUT2D eigenvalue weighted by molar-refractivity contribution is 0.0994. The number of carbonyl (C=O) groups is 1. The molecule has 0 fully saturated rings. The predicted octanol–water partition coefficient (Wildman–Crippen LogP) is 1.15. The van der Waals surface area contributed by atoms with Crippen molar-refractivity contribution in [1.29, 1.82) is 0 Å². The number of hydrogen-bond acceptors (Lipinski definition) is 3. The van der Waals surface area contributed by atoms with Gasteiger partial charge in [-0.3, -0.25) is 4.79 Å². The lowest BCUT2D eigenvalue weighted by Gasteiger charge is -2.01. The van der Waals surface area contributed by atoms with Crippen molar-refractivity contribution in [2.45, 2.75) is 6.42 Å². The smallest absolute Gasteiger partial charge is 0.269 e. The van der Waals surface area contributed by atoms with E-state index in [4.69, 9.17) is 5.73 Å². The molecule has 0 radical (unpaired) electrons. The molecule has 4 nitrogen and oxygen atoms in total. The third-order valence-corrected chi connectivity index (χ3v) is 2.86. The first kappa shape index (κ1) is 9.03. The van der Waals surface area contributed by atoms with Gasteiger partial charge in [0.1, 0.15) is 0 Å². The predicted molar refractivity (Wildman–Crippen MR) is 58.8 cm³/mol. The van der Waals surface area contributed by atoms with Crippen LogP contribution < -0.4 is 5.73 Å². The molecular formula is C12H9N3O. The van der Waals surface area contributed by atoms with Crippen molar-refractivity contribution in [1.82, 2.24) is 10.2 Å². The second-order valence-corrected chi connectivity index (χ2v) is 3.78. The van der Waals surface area contributed by atoms with Crippen LogP contribution in [-0.2, 0) is 6.42 Å². The molecule has 2 N–H and O–H groups in total. The summed E-state index contributed by atoms with van der Waals surface area (Å²) >= 11 is 0. The average Bonchev–Trinajstić information content (AvgIpc) is 2.67. The van der Waals surface area contributed by atoms with Gasteiger partial charge in [0.2, 0.25) is 0 Å². The number of aromatic nitrogens is 2. The normalized spacial score (nSPS) is 12.0. The summed E-state index contributed by atoms with van der Waals surface area (Å²) in [7, 11) is 0. The van der Waals surface area contributed by atoms with Crippen molar-refractivity contribution in [3.63, 3.8) is 0 Å². The van der Waals surface area contributed by atoms with Crippen LogP contribution in [0.5, 0.6) is 0 Å². The summed E-state index contributed by atoms with van der Waals surface area (Å²) in [6.45, 7) is 0. The Morgan fingerprint density at radius 3 is 2.88 bits per heavy atom. The van der Waals surface area contributed by atoms with Gasteiger partial charge in [-0.25, -0.2) is 0 Å². The van der Waals surface area contributed by atoms with Crippen LogP contribution >= 0.6 is 0 Å². The van der Waals surface area contributed by atoms with Crippen LogP contribution in [0.15, 0.2) is 30.5 Å². The fourth-order valence-electron chi connectivity index (χ4n) is 2.15. The zero-order chi connectivity index (χ0) is 11.1. The summed E-state index contributed by atoms with van der Waals surface area (Å²) in [5.74, 6) is -0.517. The molecule has 1 aliphatic rings. The van der Waals surface area contributed by atoms with Gasteiger partial charge in [-0.2, -0.15) is 5.10 Å². The van der Waals surface area contributed by atoms with Gasteiger partial charge in [-0.15, -0.1) is 5.10 Å². The first-order valence-corrected chi connectivity index (χ1v) is 5.00. The van der Waals surface area contributed by atoms with Crippen LogP contribution in [-0.4, -0.2) is 16.1 Å². The van der Waals surface area contributed by atoms with Crippen molar-refractivity contribution >= 4 is 5.91 Å². The molecule has 0 saturated carbocycles. The van der Waals surface area contributed by atoms with Gasteiger partial charge in [0.25, 0.3) is 5.91 Å². The van der Waals surface area contributed by atoms with Crippen LogP contribution in [0.3, 0.4) is 0 Å². The molecule has 4 heteroatoms. The first-order chi connectivity index (χ1) is 7.77. The Morgan fingerprint density at radius 1 is 1.25 bits per heavy atom. The number of benzene rings is 1. The van der Waals surface area contributed by atoms with Crippen molar-refractivity contribution in [2.75, 3.05) is 0 Å². The molecule has 0 spiro atoms. The van der Waals surface area contributed by atoms with Gasteiger partial charge >= 0.3 is 0 Å². The minimum Gasteiger partial charge on any atom is -0.364 e. The number of amides is 1. The number of nitrogens with two attached hydrogens (primary N) is 1. The first-order valence-electron chi connectivity index (χ1n) is 5.00. The van der Waals surface area contributed by atoms with Gasteiger partial charge in [0, 0.05) is 12.0 Å². The molecule has 2 aromatic rings. The number of carbonyl (C=O) groups excluding carboxylic acids is 1. The molecule has 0 atom stereocenters. The lowest BCUT2D eigenvalue weighted by atomic mass is 10.1. The number of nitrogens with zero attached hydrogens (tertiary/aromatic N) is 2. The molecule has 16 heavy (non-hydrogen) atoms. The van der Waals surface area contributed by atoms with E-state index >= 15 is 0 Å². The van der Waals surface area contributed by atoms with Crippen LogP contribution in [0.1, 0.15) is 21.6 Å². The van der Waals surface area contributed by atoms with E-state index in [-0.39, 0.29) is 5.69 Å². The van der Waals surface area contributed by atoms with Gasteiger partial charge in [0.05, 0.1) is 6.20 Å². The maximum Gasteiger partial charge on any atom is 0.269 e. The van der Waals surface area contributed by atoms with Gasteiger partial charge in [0.15, 0.2) is 5.69 Å². The SMILES string of the molecule is NC(=O)c1nncc2c1Cc1ccccc1-2. The maximum atomic E-state index is 11.2. The molecule has 78 valence electrons. The third kappa shape index (κ3) is 1.13. The molecule has 1 aromatic carbocycles. The summed E-state index contributed by atoms with van der Waals surface area (Å²) in [5.41, 5.74) is 9.74. The Hall–Kier alpha value is -2.23. The summed E-state index contributed by atoms with van der Waals surface area (Å²) < 4.78 is 0. The maximum absolute atomic E-state index is 11.2. The van der Waals surface area contributed by atoms with E-state index in [1.165, 1.54) is 5.56 Å². The molecule has 3 rings (SSSR count). The highest BCUT2D eigenvalue weighted by atomic mass is 16.1. The van der Waals surface area contributed by atoms with Crippen LogP contribution in [0, 0.1) is 0 Å². The Balaban J connectivity index is 2.28. The van der Waals surface area contributed by atoms with E-state index in [2.05, 4.69) is 10.2 Å². The highest BCUT2D eigenvalue weighted by Gasteiger charge is 2.23. The molecule has 0 aliphatic heterocycles. The van der Waals surface area contributed by atoms with Gasteiger partial charge in [-0.1, -0.05) is 24.3 Å². The average molecular weight is 211 g/mol. The summed E-state index contributed by atoms with van der Waals surface area (Å²) in [4.78, 5) is 11.2. The fourth-order valence-corrected chi connectivity index (χ4v) is 2.15. The molecule has 0 saturated heterocycles. The zero-order valence-electron chi connectivity index (χ0n) is 8.47. The van der Waals surface area contributed by atoms with E-state index < -0.39 is 5.91 Å². The van der Waals surface area contributed by atoms with E-state index in [9.17, 15) is 4.79 Å². The van der Waals surface area contributed by atoms with E-state index in [0.717, 1.165) is 16.7 Å². The highest BCUT2D eigenvalue weighted by molar-refractivity contribution is 5.95. The monoisotopic (exact) mass is 211 g/mol. The Morgan fingerprint density at radius 2 is 2.06 bits per heavy atom. The topological polar surface area (TPSA) is 68.9 Å². The Labute approximate surface area is 92.1 Å². The molecule has 1 aromatic heterocycles. The molecule has 0 bridgehead atoms. The van der Waals surface area contributed by atoms with Crippen LogP contribution in [0.2, 0.25) is 0 Å². The van der Waals surface area contributed by atoms with Crippen molar-refractivity contribution in [3.8, 4) is 11.1 Å². The van der Waals surface area contributed by atoms with Crippen molar-refractivity contribution in [3.05, 3.63) is 47.3 Å². The van der Waals surface area contributed by atoms with Crippen LogP contribution in [0.25, 0.3) is 11.1 Å². The van der Waals surface area contributed by atoms with E-state index in [0.29, 0.717) is 6.42 Å². The van der Waals surface area contributed by atoms with Crippen molar-refractivity contribution < 1.29 is 4.79 Å². The van der Waals surface area contributed by atoms with E-state index in [1.54, 1.807) is 6.20 Å². The summed E-state index contributed by atoms with van der Waals surface area (Å²) in [5, 5.41) is 7.63. The number of rotatable bonds is 1.